The Morgan fingerprint density at radius 3 is 2.66 bits per heavy atom. The summed E-state index contributed by atoms with van der Waals surface area (Å²) in [4.78, 5) is 36.4. The Bertz CT molecular complexity index is 1510. The molecule has 4 N–H and O–H groups in total. The number of pyridine rings is 2. The number of nitrogen functional groups attached to an aromatic ring is 1. The predicted molar refractivity (Wildman–Crippen MR) is 145 cm³/mol. The zero-order valence-electron chi connectivity index (χ0n) is 21.2. The van der Waals surface area contributed by atoms with Crippen LogP contribution in [0.2, 0.25) is 5.02 Å². The molecule has 0 bridgehead atoms. The summed E-state index contributed by atoms with van der Waals surface area (Å²) in [6, 6.07) is 4.55. The second-order valence-electron chi connectivity index (χ2n) is 9.32. The number of hydrogen-bond donors (Lipinski definition) is 3. The van der Waals surface area contributed by atoms with Crippen LogP contribution in [0, 0.1) is 0 Å². The van der Waals surface area contributed by atoms with Gasteiger partial charge in [0, 0.05) is 44.8 Å². The van der Waals surface area contributed by atoms with Crippen LogP contribution in [0.15, 0.2) is 41.6 Å². The molecule has 1 amide bonds. The number of aliphatic carboxylic acids is 1. The molecule has 3 aromatic rings. The fraction of sp³-hybridized carbons (Fsp3) is 0.360. The van der Waals surface area contributed by atoms with Crippen LogP contribution in [0.3, 0.4) is 0 Å². The topological polar surface area (TPSA) is 159 Å². The summed E-state index contributed by atoms with van der Waals surface area (Å²) in [6.45, 7) is 2.04. The Labute approximate surface area is 225 Å². The molecule has 13 heteroatoms. The Balaban J connectivity index is 1.56. The number of likely N-dealkylation sites (tertiary alicyclic amines) is 1. The van der Waals surface area contributed by atoms with Crippen molar-refractivity contribution in [2.75, 3.05) is 31.3 Å². The van der Waals surface area contributed by atoms with Gasteiger partial charge in [-0.1, -0.05) is 24.6 Å². The van der Waals surface area contributed by atoms with E-state index in [0.717, 1.165) is 28.1 Å². The highest BCUT2D eigenvalue weighted by Gasteiger charge is 2.41. The molecule has 0 spiro atoms. The lowest BCUT2D eigenvalue weighted by atomic mass is 9.94. The molecule has 1 aliphatic heterocycles. The van der Waals surface area contributed by atoms with Crippen LogP contribution in [-0.4, -0.2) is 73.0 Å². The number of sulfonamides is 1. The lowest BCUT2D eigenvalue weighted by Gasteiger charge is -2.26. The summed E-state index contributed by atoms with van der Waals surface area (Å²) < 4.78 is 28.3. The van der Waals surface area contributed by atoms with E-state index in [0.29, 0.717) is 18.1 Å². The normalized spacial score (nSPS) is 16.7. The molecule has 0 saturated carbocycles. The van der Waals surface area contributed by atoms with Gasteiger partial charge in [-0.3, -0.25) is 4.79 Å². The molecule has 0 aliphatic carbocycles. The number of aromatic nitrogens is 2. The quantitative estimate of drug-likeness (QED) is 0.356. The highest BCUT2D eigenvalue weighted by Crippen LogP contribution is 2.28. The summed E-state index contributed by atoms with van der Waals surface area (Å²) in [7, 11) is -0.694. The number of nitrogens with one attached hydrogen (secondary N) is 1. The van der Waals surface area contributed by atoms with Gasteiger partial charge in [0.2, 0.25) is 15.9 Å². The minimum Gasteiger partial charge on any atom is -0.480 e. The molecule has 38 heavy (non-hydrogen) atoms. The average molecular weight is 561 g/mol. The van der Waals surface area contributed by atoms with Crippen LogP contribution in [0.4, 0.5) is 11.6 Å². The second kappa shape index (κ2) is 10.7. The first-order valence-electron chi connectivity index (χ1n) is 12.0. The van der Waals surface area contributed by atoms with Gasteiger partial charge in [0.15, 0.2) is 0 Å². The van der Waals surface area contributed by atoms with Crippen molar-refractivity contribution in [3.05, 3.63) is 52.8 Å². The van der Waals surface area contributed by atoms with Crippen molar-refractivity contribution in [1.29, 1.82) is 0 Å². The number of carbonyl (C=O) groups is 2. The van der Waals surface area contributed by atoms with Gasteiger partial charge in [-0.15, -0.1) is 0 Å². The van der Waals surface area contributed by atoms with Gasteiger partial charge in [0.25, 0.3) is 0 Å². The number of rotatable bonds is 9. The largest absolute Gasteiger partial charge is 0.480 e. The molecule has 1 saturated heterocycles. The van der Waals surface area contributed by atoms with E-state index in [9.17, 15) is 23.1 Å². The summed E-state index contributed by atoms with van der Waals surface area (Å²) >= 11 is 6.17. The summed E-state index contributed by atoms with van der Waals surface area (Å²) in [6.07, 6.45) is 3.56. The van der Waals surface area contributed by atoms with Gasteiger partial charge < -0.3 is 20.6 Å². The smallest absolute Gasteiger partial charge is 0.326 e. The van der Waals surface area contributed by atoms with Crippen molar-refractivity contribution in [2.24, 2.45) is 0 Å². The van der Waals surface area contributed by atoms with Crippen LogP contribution in [0.5, 0.6) is 0 Å². The number of aryl methyl sites for hydroxylation is 1. The van der Waals surface area contributed by atoms with E-state index in [1.54, 1.807) is 31.3 Å². The van der Waals surface area contributed by atoms with Crippen LogP contribution >= 0.6 is 11.6 Å². The van der Waals surface area contributed by atoms with Crippen molar-refractivity contribution in [2.45, 2.75) is 43.2 Å². The third-order valence-electron chi connectivity index (χ3n) is 6.64. The first-order valence-corrected chi connectivity index (χ1v) is 13.8. The number of anilines is 2. The second-order valence-corrected chi connectivity index (χ2v) is 11.4. The van der Waals surface area contributed by atoms with Crippen molar-refractivity contribution >= 4 is 55.9 Å². The Kier molecular flexibility index (Phi) is 7.77. The van der Waals surface area contributed by atoms with Gasteiger partial charge >= 0.3 is 5.97 Å². The Morgan fingerprint density at radius 2 is 2.03 bits per heavy atom. The minimum absolute atomic E-state index is 0.0629. The zero-order chi connectivity index (χ0) is 27.8. The molecular formula is C25H29ClN6O5S. The fourth-order valence-corrected chi connectivity index (χ4v) is 6.25. The third kappa shape index (κ3) is 5.38. The van der Waals surface area contributed by atoms with E-state index in [1.807, 2.05) is 19.1 Å². The summed E-state index contributed by atoms with van der Waals surface area (Å²) in [5, 5.41) is 11.8. The number of carboxylic acid groups (broad SMARTS) is 1. The van der Waals surface area contributed by atoms with Crippen molar-refractivity contribution < 1.29 is 23.1 Å². The Hall–Kier alpha value is -3.48. The van der Waals surface area contributed by atoms with Crippen LogP contribution in [0.1, 0.15) is 24.5 Å². The lowest BCUT2D eigenvalue weighted by molar-refractivity contribution is -0.148. The molecule has 1 aliphatic rings. The van der Waals surface area contributed by atoms with Gasteiger partial charge in [-0.25, -0.2) is 23.2 Å². The molecule has 3 heterocycles. The van der Waals surface area contributed by atoms with Gasteiger partial charge in [-0.05, 0) is 47.6 Å². The van der Waals surface area contributed by atoms with E-state index >= 15 is 0 Å². The zero-order valence-corrected chi connectivity index (χ0v) is 22.8. The highest BCUT2D eigenvalue weighted by molar-refractivity contribution is 7.89. The maximum atomic E-state index is 13.2. The molecule has 4 rings (SSSR count). The van der Waals surface area contributed by atoms with Crippen molar-refractivity contribution in [3.63, 3.8) is 0 Å². The van der Waals surface area contributed by atoms with Gasteiger partial charge in [0.05, 0.1) is 5.02 Å². The lowest BCUT2D eigenvalue weighted by Crippen LogP contribution is -2.48. The first kappa shape index (κ1) is 27.6. The van der Waals surface area contributed by atoms with Crippen molar-refractivity contribution in [1.82, 2.24) is 19.6 Å². The molecule has 202 valence electrons. The maximum Gasteiger partial charge on any atom is 0.326 e. The molecule has 1 aromatic carbocycles. The third-order valence-corrected chi connectivity index (χ3v) is 8.36. The summed E-state index contributed by atoms with van der Waals surface area (Å²) in [5.74, 6) is -0.987. The predicted octanol–water partition coefficient (Wildman–Crippen LogP) is 2.07. The number of fused-ring (bicyclic) bond motifs is 1. The Morgan fingerprint density at radius 1 is 1.29 bits per heavy atom. The molecule has 1 fully saturated rings. The molecule has 11 nitrogen and oxygen atoms in total. The van der Waals surface area contributed by atoms with E-state index in [4.69, 9.17) is 17.3 Å². The van der Waals surface area contributed by atoms with Gasteiger partial charge in [0.1, 0.15) is 28.6 Å². The number of carboxylic acids is 1. The number of hydrogen-bond acceptors (Lipinski definition) is 8. The number of amides is 1. The standard InChI is InChI=1S/C25H29ClN6O5S/c1-4-14-10-18-15(5-7-28-22(18)27)9-16(14)11-21(25(34)35)32-8-6-20(24(32)33)30-38(36,37)17-12-19(26)23(29-13-17)31(2)3/h5,7,9-10,12-13,20-21,30H,4,6,8,11H2,1-3H3,(H2,27,28)(H,34,35). The monoisotopic (exact) mass is 560 g/mol. The summed E-state index contributed by atoms with van der Waals surface area (Å²) in [5.41, 5.74) is 7.68. The molecule has 2 unspecified atom stereocenters. The van der Waals surface area contributed by atoms with Gasteiger partial charge in [-0.2, -0.15) is 4.72 Å². The van der Waals surface area contributed by atoms with Crippen LogP contribution < -0.4 is 15.4 Å². The highest BCUT2D eigenvalue weighted by atomic mass is 35.5. The average Bonchev–Trinajstić information content (AvgIpc) is 3.20. The van der Waals surface area contributed by atoms with Crippen LogP contribution in [0.25, 0.3) is 10.8 Å². The number of benzene rings is 1. The van der Waals surface area contributed by atoms with E-state index < -0.39 is 34.0 Å². The molecular weight excluding hydrogens is 532 g/mol. The van der Waals surface area contributed by atoms with E-state index in [1.165, 1.54) is 11.0 Å². The maximum absolute atomic E-state index is 13.2. The first-order chi connectivity index (χ1) is 17.9. The van der Waals surface area contributed by atoms with Crippen LogP contribution in [-0.2, 0) is 32.5 Å². The number of nitrogens with zero attached hydrogens (tertiary/aromatic N) is 4. The van der Waals surface area contributed by atoms with E-state index in [2.05, 4.69) is 14.7 Å². The molecule has 2 atom stereocenters. The number of carbonyl (C=O) groups excluding carboxylic acids is 1. The molecule has 2 aromatic heterocycles. The molecule has 0 radical (unpaired) electrons. The number of halogens is 1. The minimum atomic E-state index is -4.14. The SMILES string of the molecule is CCc1cc2c(N)nccc2cc1CC(C(=O)O)N1CCC(NS(=O)(=O)c2cnc(N(C)C)c(Cl)c2)C1=O. The van der Waals surface area contributed by atoms with E-state index in [-0.39, 0.29) is 29.3 Å². The number of nitrogens with two attached hydrogens (primary N) is 1. The fourth-order valence-electron chi connectivity index (χ4n) is 4.66. The van der Waals surface area contributed by atoms with Crippen molar-refractivity contribution in [3.8, 4) is 0 Å².